The van der Waals surface area contributed by atoms with E-state index in [0.29, 0.717) is 0 Å². The van der Waals surface area contributed by atoms with Crippen LogP contribution >= 0.6 is 0 Å². The fourth-order valence-electron chi connectivity index (χ4n) is 4.75. The summed E-state index contributed by atoms with van der Waals surface area (Å²) in [5.41, 5.74) is 1.14. The van der Waals surface area contributed by atoms with Crippen LogP contribution in [0.25, 0.3) is 0 Å². The molecule has 4 rings (SSSR count). The smallest absolute Gasteiger partial charge is 0.225 e. The van der Waals surface area contributed by atoms with E-state index in [2.05, 4.69) is 39.6 Å². The minimum atomic E-state index is 0.231. The van der Waals surface area contributed by atoms with E-state index < -0.39 is 0 Å². The van der Waals surface area contributed by atoms with Crippen LogP contribution in [0.1, 0.15) is 45.2 Å². The zero-order valence-electron chi connectivity index (χ0n) is 16.3. The van der Waals surface area contributed by atoms with Crippen LogP contribution in [0.2, 0.25) is 0 Å². The van der Waals surface area contributed by atoms with Gasteiger partial charge in [-0.05, 0) is 32.8 Å². The van der Waals surface area contributed by atoms with Crippen LogP contribution in [-0.2, 0) is 11.3 Å². The lowest BCUT2D eigenvalue weighted by Crippen LogP contribution is -2.49. The average Bonchev–Trinajstić information content (AvgIpc) is 3.16. The summed E-state index contributed by atoms with van der Waals surface area (Å²) in [7, 11) is 0. The largest absolute Gasteiger partial charge is 0.372 e. The van der Waals surface area contributed by atoms with Gasteiger partial charge in [-0.3, -0.25) is 9.80 Å². The summed E-state index contributed by atoms with van der Waals surface area (Å²) in [5.74, 6) is 0.856. The lowest BCUT2D eigenvalue weighted by Gasteiger charge is -2.38. The Bertz CT molecular complexity index is 573. The Labute approximate surface area is 157 Å². The molecule has 2 aliphatic heterocycles. The average molecular weight is 360 g/mol. The fraction of sp³-hybridized carbons (Fsp3) is 0.800. The van der Waals surface area contributed by atoms with Crippen LogP contribution in [-0.4, -0.2) is 77.3 Å². The second kappa shape index (κ2) is 8.19. The summed E-state index contributed by atoms with van der Waals surface area (Å²) in [5, 5.41) is 0. The fourth-order valence-corrected chi connectivity index (χ4v) is 4.75. The summed E-state index contributed by atoms with van der Waals surface area (Å²) < 4.78 is 5.83. The van der Waals surface area contributed by atoms with E-state index in [1.807, 2.05) is 6.20 Å². The van der Waals surface area contributed by atoms with Gasteiger partial charge in [0.15, 0.2) is 0 Å². The number of rotatable bonds is 4. The summed E-state index contributed by atoms with van der Waals surface area (Å²) >= 11 is 0. The first-order chi connectivity index (χ1) is 12.7. The number of nitrogens with zero attached hydrogens (tertiary/aromatic N) is 5. The maximum absolute atomic E-state index is 5.83. The zero-order chi connectivity index (χ0) is 17.9. The molecule has 3 heterocycles. The highest BCUT2D eigenvalue weighted by Crippen LogP contribution is 2.24. The number of piperazine rings is 1. The van der Waals surface area contributed by atoms with Crippen molar-refractivity contribution >= 4 is 5.95 Å². The number of hydrogen-bond acceptors (Lipinski definition) is 6. The Morgan fingerprint density at radius 1 is 1.04 bits per heavy atom. The van der Waals surface area contributed by atoms with Gasteiger partial charge in [-0.15, -0.1) is 0 Å². The van der Waals surface area contributed by atoms with Gasteiger partial charge in [-0.2, -0.15) is 0 Å². The number of anilines is 1. The van der Waals surface area contributed by atoms with E-state index in [1.165, 1.54) is 38.8 Å². The number of ether oxygens (including phenoxy) is 1. The predicted octanol–water partition coefficient (Wildman–Crippen LogP) is 2.15. The second-order valence-electron chi connectivity index (χ2n) is 8.26. The minimum Gasteiger partial charge on any atom is -0.372 e. The molecule has 0 N–H and O–H groups in total. The molecule has 26 heavy (non-hydrogen) atoms. The van der Waals surface area contributed by atoms with Gasteiger partial charge < -0.3 is 9.64 Å². The van der Waals surface area contributed by atoms with Crippen molar-refractivity contribution in [2.45, 2.75) is 64.3 Å². The van der Waals surface area contributed by atoms with Crippen LogP contribution in [0.15, 0.2) is 12.3 Å². The Morgan fingerprint density at radius 3 is 2.42 bits per heavy atom. The van der Waals surface area contributed by atoms with Gasteiger partial charge >= 0.3 is 0 Å². The topological polar surface area (TPSA) is 44.7 Å². The highest BCUT2D eigenvalue weighted by atomic mass is 16.5. The molecular formula is C20H33N5O. The molecule has 2 saturated heterocycles. The van der Waals surface area contributed by atoms with E-state index in [4.69, 9.17) is 9.72 Å². The number of aromatic nitrogens is 2. The van der Waals surface area contributed by atoms with Gasteiger partial charge in [0.1, 0.15) is 0 Å². The summed E-state index contributed by atoms with van der Waals surface area (Å²) in [6.07, 6.45) is 8.04. The lowest BCUT2D eigenvalue weighted by molar-refractivity contribution is -0.00574. The molecule has 2 atom stereocenters. The quantitative estimate of drug-likeness (QED) is 0.821. The summed E-state index contributed by atoms with van der Waals surface area (Å²) in [4.78, 5) is 16.9. The first-order valence-corrected chi connectivity index (χ1v) is 10.4. The van der Waals surface area contributed by atoms with Gasteiger partial charge in [0, 0.05) is 58.1 Å². The first-order valence-electron chi connectivity index (χ1n) is 10.4. The van der Waals surface area contributed by atoms with E-state index in [-0.39, 0.29) is 12.2 Å². The molecule has 1 aromatic heterocycles. The van der Waals surface area contributed by atoms with Crippen molar-refractivity contribution in [2.75, 3.05) is 44.2 Å². The monoisotopic (exact) mass is 359 g/mol. The number of hydrogen-bond donors (Lipinski definition) is 0. The van der Waals surface area contributed by atoms with Crippen LogP contribution in [0.5, 0.6) is 0 Å². The standard InChI is InChI=1S/C20H33N5O/c1-16-13-25(14-17(2)26-16)20-21-8-7-18(22-20)15-23-9-11-24(12-10-23)19-5-3-4-6-19/h7-8,16-17,19H,3-6,9-15H2,1-2H3/t16-,17-/m0/s1. The maximum Gasteiger partial charge on any atom is 0.225 e. The third-order valence-corrected chi connectivity index (χ3v) is 6.04. The maximum atomic E-state index is 5.83. The molecule has 3 fully saturated rings. The van der Waals surface area contributed by atoms with Crippen molar-refractivity contribution < 1.29 is 4.74 Å². The van der Waals surface area contributed by atoms with Crippen LogP contribution in [0.4, 0.5) is 5.95 Å². The van der Waals surface area contributed by atoms with E-state index in [1.54, 1.807) is 0 Å². The predicted molar refractivity (Wildman–Crippen MR) is 103 cm³/mol. The molecule has 0 unspecified atom stereocenters. The molecule has 144 valence electrons. The molecule has 0 bridgehead atoms. The van der Waals surface area contributed by atoms with Crippen LogP contribution < -0.4 is 4.90 Å². The van der Waals surface area contributed by atoms with E-state index in [0.717, 1.165) is 50.4 Å². The molecule has 1 aliphatic carbocycles. The molecule has 6 nitrogen and oxygen atoms in total. The Hall–Kier alpha value is -1.24. The van der Waals surface area contributed by atoms with Crippen LogP contribution in [0.3, 0.4) is 0 Å². The molecule has 1 saturated carbocycles. The first kappa shape index (κ1) is 18.1. The third-order valence-electron chi connectivity index (χ3n) is 6.04. The molecular weight excluding hydrogens is 326 g/mol. The molecule has 0 radical (unpaired) electrons. The van der Waals surface area contributed by atoms with Gasteiger partial charge in [0.05, 0.1) is 17.9 Å². The van der Waals surface area contributed by atoms with Gasteiger partial charge in [0.2, 0.25) is 5.95 Å². The Balaban J connectivity index is 1.33. The summed E-state index contributed by atoms with van der Waals surface area (Å²) in [6.45, 7) is 11.6. The van der Waals surface area contributed by atoms with Crippen molar-refractivity contribution in [1.82, 2.24) is 19.8 Å². The summed E-state index contributed by atoms with van der Waals surface area (Å²) in [6, 6.07) is 2.92. The van der Waals surface area contributed by atoms with Gasteiger partial charge in [-0.25, -0.2) is 9.97 Å². The van der Waals surface area contributed by atoms with Crippen molar-refractivity contribution in [3.63, 3.8) is 0 Å². The van der Waals surface area contributed by atoms with Gasteiger partial charge in [0.25, 0.3) is 0 Å². The van der Waals surface area contributed by atoms with Crippen molar-refractivity contribution in [1.29, 1.82) is 0 Å². The Kier molecular flexibility index (Phi) is 5.72. The zero-order valence-corrected chi connectivity index (χ0v) is 16.3. The minimum absolute atomic E-state index is 0.231. The highest BCUT2D eigenvalue weighted by Gasteiger charge is 2.27. The molecule has 6 heteroatoms. The molecule has 1 aromatic rings. The SMILES string of the molecule is C[C@H]1CN(c2nccc(CN3CCN(C4CCCC4)CC3)n2)C[C@H](C)O1. The third kappa shape index (κ3) is 4.35. The van der Waals surface area contributed by atoms with E-state index >= 15 is 0 Å². The second-order valence-corrected chi connectivity index (χ2v) is 8.26. The van der Waals surface area contributed by atoms with Crippen molar-refractivity contribution in [3.05, 3.63) is 18.0 Å². The van der Waals surface area contributed by atoms with E-state index in [9.17, 15) is 0 Å². The van der Waals surface area contributed by atoms with Crippen LogP contribution in [0, 0.1) is 0 Å². The van der Waals surface area contributed by atoms with Crippen molar-refractivity contribution in [2.24, 2.45) is 0 Å². The molecule has 0 spiro atoms. The molecule has 0 aromatic carbocycles. The van der Waals surface area contributed by atoms with Gasteiger partial charge in [-0.1, -0.05) is 12.8 Å². The highest BCUT2D eigenvalue weighted by molar-refractivity contribution is 5.31. The van der Waals surface area contributed by atoms with Crippen molar-refractivity contribution in [3.8, 4) is 0 Å². The number of morpholine rings is 1. The molecule has 0 amide bonds. The lowest BCUT2D eigenvalue weighted by atomic mass is 10.2. The Morgan fingerprint density at radius 2 is 1.73 bits per heavy atom. The molecule has 3 aliphatic rings. The normalized spacial score (nSPS) is 29.4.